The lowest BCUT2D eigenvalue weighted by molar-refractivity contribution is -0.123. The van der Waals surface area contributed by atoms with E-state index >= 15 is 0 Å². The molecule has 1 N–H and O–H groups in total. The van der Waals surface area contributed by atoms with Crippen molar-refractivity contribution in [2.24, 2.45) is 5.92 Å². The minimum absolute atomic E-state index is 0.0708. The van der Waals surface area contributed by atoms with Gasteiger partial charge in [0.1, 0.15) is 11.5 Å². The van der Waals surface area contributed by atoms with E-state index in [0.29, 0.717) is 11.7 Å². The average molecular weight is 372 g/mol. The molecule has 1 unspecified atom stereocenters. The van der Waals surface area contributed by atoms with Gasteiger partial charge in [-0.25, -0.2) is 4.68 Å². The van der Waals surface area contributed by atoms with E-state index in [1.54, 1.807) is 4.68 Å². The van der Waals surface area contributed by atoms with E-state index < -0.39 is 0 Å². The highest BCUT2D eigenvalue weighted by atomic mass is 16.3. The number of hydrogen-bond donors (Lipinski definition) is 1. The molecule has 2 aromatic rings. The molecule has 0 spiro atoms. The average Bonchev–Trinajstić information content (AvgIpc) is 3.25. The third-order valence-corrected chi connectivity index (χ3v) is 5.75. The summed E-state index contributed by atoms with van der Waals surface area (Å²) in [5, 5.41) is 15.0. The topological polar surface area (TPSA) is 89.1 Å². The number of amides is 1. The van der Waals surface area contributed by atoms with Gasteiger partial charge < -0.3 is 9.73 Å². The number of tetrazole rings is 1. The Morgan fingerprint density at radius 1 is 1.22 bits per heavy atom. The summed E-state index contributed by atoms with van der Waals surface area (Å²) in [5.74, 6) is 3.10. The molecule has 27 heavy (non-hydrogen) atoms. The number of nitrogens with zero attached hydrogens (tertiary/aromatic N) is 5. The first-order chi connectivity index (χ1) is 13.2. The first kappa shape index (κ1) is 18.2. The second kappa shape index (κ2) is 8.21. The van der Waals surface area contributed by atoms with Gasteiger partial charge in [-0.15, -0.1) is 5.10 Å². The molecule has 0 bridgehead atoms. The Labute approximate surface area is 159 Å². The van der Waals surface area contributed by atoms with Crippen molar-refractivity contribution < 1.29 is 9.21 Å². The molecule has 1 atom stereocenters. The van der Waals surface area contributed by atoms with Gasteiger partial charge in [0.2, 0.25) is 5.91 Å². The molecular weight excluding hydrogens is 344 g/mol. The van der Waals surface area contributed by atoms with Crippen molar-refractivity contribution in [1.29, 1.82) is 0 Å². The molecule has 4 rings (SSSR count). The molecule has 0 aliphatic carbocycles. The Hall–Kier alpha value is -2.22. The first-order valence-corrected chi connectivity index (χ1v) is 10.0. The number of nitrogens with one attached hydrogen (secondary N) is 1. The maximum atomic E-state index is 12.7. The van der Waals surface area contributed by atoms with E-state index in [9.17, 15) is 4.79 Å². The van der Waals surface area contributed by atoms with Crippen LogP contribution in [0.5, 0.6) is 0 Å². The fraction of sp³-hybridized carbons (Fsp3) is 0.684. The predicted octanol–water partition coefficient (Wildman–Crippen LogP) is 1.87. The number of fused-ring (bicyclic) bond motifs is 1. The summed E-state index contributed by atoms with van der Waals surface area (Å²) in [7, 11) is 0. The van der Waals surface area contributed by atoms with E-state index in [1.807, 2.05) is 13.0 Å². The van der Waals surface area contributed by atoms with E-state index in [2.05, 4.69) is 31.8 Å². The second-order valence-electron chi connectivity index (χ2n) is 7.79. The predicted molar refractivity (Wildman–Crippen MR) is 98.9 cm³/mol. The number of carbonyl (C=O) groups is 1. The Balaban J connectivity index is 1.24. The Kier molecular flexibility index (Phi) is 5.52. The van der Waals surface area contributed by atoms with E-state index in [1.165, 1.54) is 0 Å². The molecule has 1 saturated heterocycles. The molecule has 146 valence electrons. The fourth-order valence-electron chi connectivity index (χ4n) is 4.12. The molecule has 0 radical (unpaired) electrons. The zero-order chi connectivity index (χ0) is 18.6. The molecule has 2 aliphatic heterocycles. The molecule has 4 heterocycles. The Morgan fingerprint density at radius 3 is 2.85 bits per heavy atom. The summed E-state index contributed by atoms with van der Waals surface area (Å²) in [4.78, 5) is 15.1. The summed E-state index contributed by atoms with van der Waals surface area (Å²) in [5.41, 5.74) is 0. The number of aromatic nitrogens is 4. The van der Waals surface area contributed by atoms with Gasteiger partial charge in [-0.3, -0.25) is 9.69 Å². The molecule has 1 amide bonds. The molecule has 2 aromatic heterocycles. The Bertz CT molecular complexity index is 762. The smallest absolute Gasteiger partial charge is 0.230 e. The van der Waals surface area contributed by atoms with E-state index in [4.69, 9.17) is 4.42 Å². The number of rotatable bonds is 5. The van der Waals surface area contributed by atoms with Crippen molar-refractivity contribution in [1.82, 2.24) is 30.4 Å². The van der Waals surface area contributed by atoms with Crippen LogP contribution >= 0.6 is 0 Å². The highest BCUT2D eigenvalue weighted by Crippen LogP contribution is 2.25. The summed E-state index contributed by atoms with van der Waals surface area (Å²) in [6, 6.07) is 4.07. The van der Waals surface area contributed by atoms with Gasteiger partial charge in [0.25, 0.3) is 0 Å². The van der Waals surface area contributed by atoms with Crippen molar-refractivity contribution in [3.63, 3.8) is 0 Å². The van der Waals surface area contributed by atoms with Crippen LogP contribution in [0.1, 0.15) is 55.4 Å². The van der Waals surface area contributed by atoms with E-state index in [-0.39, 0.29) is 11.8 Å². The summed E-state index contributed by atoms with van der Waals surface area (Å²) >= 11 is 0. The summed E-state index contributed by atoms with van der Waals surface area (Å²) in [6.07, 6.45) is 5.07. The molecule has 0 aromatic carbocycles. The van der Waals surface area contributed by atoms with Crippen LogP contribution in [0, 0.1) is 12.8 Å². The van der Waals surface area contributed by atoms with Crippen molar-refractivity contribution in [2.45, 2.75) is 58.0 Å². The normalized spacial score (nSPS) is 21.6. The third-order valence-electron chi connectivity index (χ3n) is 5.75. The lowest BCUT2D eigenvalue weighted by Crippen LogP contribution is -2.39. The number of hydrogen-bond acceptors (Lipinski definition) is 6. The molecule has 1 fully saturated rings. The second-order valence-corrected chi connectivity index (χ2v) is 7.79. The summed E-state index contributed by atoms with van der Waals surface area (Å²) in [6.45, 7) is 6.48. The number of piperidine rings is 1. The lowest BCUT2D eigenvalue weighted by atomic mass is 9.95. The van der Waals surface area contributed by atoms with Crippen LogP contribution in [0.2, 0.25) is 0 Å². The van der Waals surface area contributed by atoms with Crippen molar-refractivity contribution in [3.8, 4) is 0 Å². The SMILES string of the molecule is Cc1ccc(CN2CCC(CNC(=O)C3CCCCn4nnnc43)CC2)o1. The molecular formula is C19H28N6O2. The van der Waals surface area contributed by atoms with Crippen molar-refractivity contribution in [3.05, 3.63) is 29.5 Å². The highest BCUT2D eigenvalue weighted by Gasteiger charge is 2.29. The highest BCUT2D eigenvalue weighted by molar-refractivity contribution is 5.82. The van der Waals surface area contributed by atoms with Gasteiger partial charge in [-0.1, -0.05) is 6.42 Å². The monoisotopic (exact) mass is 372 g/mol. The molecule has 0 saturated carbocycles. The number of likely N-dealkylation sites (tertiary alicyclic amines) is 1. The van der Waals surface area contributed by atoms with Crippen LogP contribution in [-0.2, 0) is 17.9 Å². The standard InChI is InChI=1S/C19H28N6O2/c1-14-5-6-16(27-14)13-24-10-7-15(8-11-24)12-20-19(26)17-4-2-3-9-25-18(17)21-22-23-25/h5-6,15,17H,2-4,7-13H2,1H3,(H,20,26). The lowest BCUT2D eigenvalue weighted by Gasteiger charge is -2.31. The van der Waals surface area contributed by atoms with Gasteiger partial charge in [0, 0.05) is 13.1 Å². The molecule has 8 heteroatoms. The van der Waals surface area contributed by atoms with Crippen LogP contribution in [0.15, 0.2) is 16.5 Å². The minimum atomic E-state index is -0.218. The zero-order valence-electron chi connectivity index (χ0n) is 15.9. The van der Waals surface area contributed by atoms with Crippen LogP contribution in [-0.4, -0.2) is 50.6 Å². The number of carbonyl (C=O) groups excluding carboxylic acids is 1. The van der Waals surface area contributed by atoms with Crippen molar-refractivity contribution in [2.75, 3.05) is 19.6 Å². The van der Waals surface area contributed by atoms with Crippen LogP contribution in [0.25, 0.3) is 0 Å². The van der Waals surface area contributed by atoms with Gasteiger partial charge in [-0.2, -0.15) is 0 Å². The third kappa shape index (κ3) is 4.37. The van der Waals surface area contributed by atoms with Gasteiger partial charge >= 0.3 is 0 Å². The fourth-order valence-corrected chi connectivity index (χ4v) is 4.12. The van der Waals surface area contributed by atoms with E-state index in [0.717, 1.165) is 76.3 Å². The maximum absolute atomic E-state index is 12.7. The zero-order valence-corrected chi connectivity index (χ0v) is 15.9. The minimum Gasteiger partial charge on any atom is -0.465 e. The molecule has 2 aliphatic rings. The van der Waals surface area contributed by atoms with Gasteiger partial charge in [0.15, 0.2) is 5.82 Å². The quantitative estimate of drug-likeness (QED) is 0.862. The van der Waals surface area contributed by atoms with Gasteiger partial charge in [0.05, 0.1) is 12.5 Å². The largest absolute Gasteiger partial charge is 0.465 e. The van der Waals surface area contributed by atoms with Gasteiger partial charge in [-0.05, 0) is 74.2 Å². The van der Waals surface area contributed by atoms with Crippen LogP contribution in [0.3, 0.4) is 0 Å². The molecule has 8 nitrogen and oxygen atoms in total. The van der Waals surface area contributed by atoms with Crippen molar-refractivity contribution >= 4 is 5.91 Å². The number of furan rings is 1. The first-order valence-electron chi connectivity index (χ1n) is 10.0. The Morgan fingerprint density at radius 2 is 2.07 bits per heavy atom. The maximum Gasteiger partial charge on any atom is 0.230 e. The summed E-state index contributed by atoms with van der Waals surface area (Å²) < 4.78 is 7.46. The van der Waals surface area contributed by atoms with Crippen LogP contribution in [0.4, 0.5) is 0 Å². The number of aryl methyl sites for hydroxylation is 2. The van der Waals surface area contributed by atoms with Crippen LogP contribution < -0.4 is 5.32 Å².